The van der Waals surface area contributed by atoms with Gasteiger partial charge < -0.3 is 9.97 Å². The first-order chi connectivity index (χ1) is 11.8. The summed E-state index contributed by atoms with van der Waals surface area (Å²) in [5.41, 5.74) is 7.86. The molecule has 0 amide bonds. The van der Waals surface area contributed by atoms with Gasteiger partial charge in [-0.3, -0.25) is 0 Å². The van der Waals surface area contributed by atoms with E-state index in [2.05, 4.69) is 44.2 Å². The van der Waals surface area contributed by atoms with Crippen molar-refractivity contribution < 1.29 is 22.4 Å². The molecule has 5 rings (SSSR count). The fourth-order valence-electron chi connectivity index (χ4n) is 2.94. The summed E-state index contributed by atoms with van der Waals surface area (Å²) in [6.45, 7) is 0. The minimum absolute atomic E-state index is 0. The van der Waals surface area contributed by atoms with E-state index in [1.165, 1.54) is 0 Å². The molecule has 123 valence electrons. The van der Waals surface area contributed by atoms with Gasteiger partial charge in [0.2, 0.25) is 0 Å². The van der Waals surface area contributed by atoms with E-state index in [1.54, 1.807) is 0 Å². The van der Waals surface area contributed by atoms with Gasteiger partial charge in [-0.25, -0.2) is 9.97 Å². The molecule has 0 saturated heterocycles. The molecule has 2 aliphatic rings. The summed E-state index contributed by atoms with van der Waals surface area (Å²) < 4.78 is 0. The Morgan fingerprint density at radius 1 is 0.480 bits per heavy atom. The zero-order valence-electron chi connectivity index (χ0n) is 13.1. The van der Waals surface area contributed by atoms with Gasteiger partial charge in [0.05, 0.1) is 22.8 Å². The van der Waals surface area contributed by atoms with Crippen molar-refractivity contribution in [1.82, 2.24) is 19.9 Å². The summed E-state index contributed by atoms with van der Waals surface area (Å²) in [6, 6.07) is 16.4. The van der Waals surface area contributed by atoms with Crippen molar-refractivity contribution in [1.29, 1.82) is 0 Å². The van der Waals surface area contributed by atoms with E-state index in [4.69, 9.17) is 0 Å². The van der Waals surface area contributed by atoms with Gasteiger partial charge in [-0.2, -0.15) is 0 Å². The van der Waals surface area contributed by atoms with Crippen LogP contribution in [0, 0.1) is 0 Å². The van der Waals surface area contributed by atoms with Gasteiger partial charge in [0.15, 0.2) is 0 Å². The van der Waals surface area contributed by atoms with Crippen LogP contribution in [0.4, 0.5) is 0 Å². The third-order valence-electron chi connectivity index (χ3n) is 4.04. The van der Waals surface area contributed by atoms with E-state index in [-0.39, 0.29) is 22.4 Å². The molecular formula is C20H14AuN4+2. The molecule has 2 N–H and O–H groups in total. The molecule has 5 heteroatoms. The van der Waals surface area contributed by atoms with Crippen molar-refractivity contribution in [3.05, 3.63) is 71.3 Å². The molecule has 5 heterocycles. The molecule has 0 atom stereocenters. The molecule has 4 nitrogen and oxygen atoms in total. The predicted octanol–water partition coefficient (Wildman–Crippen LogP) is 4.65. The molecule has 0 aliphatic carbocycles. The molecule has 0 spiro atoms. The Balaban J connectivity index is 0.00000157. The van der Waals surface area contributed by atoms with Crippen molar-refractivity contribution >= 4 is 46.4 Å². The van der Waals surface area contributed by atoms with E-state index in [0.717, 1.165) is 44.8 Å². The Hall–Kier alpha value is -2.66. The molecular weight excluding hydrogens is 493 g/mol. The van der Waals surface area contributed by atoms with Gasteiger partial charge >= 0.3 is 22.4 Å². The maximum atomic E-state index is 4.63. The van der Waals surface area contributed by atoms with Crippen LogP contribution in [0.1, 0.15) is 22.8 Å². The number of nitrogens with zero attached hydrogens (tertiary/aromatic N) is 2. The quantitative estimate of drug-likeness (QED) is 0.300. The number of rotatable bonds is 0. The summed E-state index contributed by atoms with van der Waals surface area (Å²) in [5.74, 6) is 0. The maximum absolute atomic E-state index is 4.63. The second kappa shape index (κ2) is 6.33. The zero-order chi connectivity index (χ0) is 15.9. The first-order valence-electron chi connectivity index (χ1n) is 7.85. The molecule has 8 bridgehead atoms. The first-order valence-corrected chi connectivity index (χ1v) is 7.85. The summed E-state index contributed by atoms with van der Waals surface area (Å²) >= 11 is 0. The maximum Gasteiger partial charge on any atom is 2.00 e. The monoisotopic (exact) mass is 507 g/mol. The molecule has 1 radical (unpaired) electrons. The molecule has 3 aromatic rings. The Kier molecular flexibility index (Phi) is 4.01. The first kappa shape index (κ1) is 15.8. The van der Waals surface area contributed by atoms with Crippen molar-refractivity contribution in [2.45, 2.75) is 0 Å². The van der Waals surface area contributed by atoms with Crippen molar-refractivity contribution in [2.75, 3.05) is 0 Å². The molecule has 0 saturated carbocycles. The van der Waals surface area contributed by atoms with Crippen LogP contribution in [0.15, 0.2) is 48.5 Å². The van der Waals surface area contributed by atoms with Gasteiger partial charge in [-0.1, -0.05) is 0 Å². The smallest absolute Gasteiger partial charge is 0.355 e. The van der Waals surface area contributed by atoms with Crippen LogP contribution in [0.5, 0.6) is 0 Å². The van der Waals surface area contributed by atoms with Gasteiger partial charge in [-0.15, -0.1) is 0 Å². The van der Waals surface area contributed by atoms with Gasteiger partial charge in [0, 0.05) is 22.1 Å². The number of hydrogen-bond donors (Lipinski definition) is 2. The topological polar surface area (TPSA) is 57.4 Å². The van der Waals surface area contributed by atoms with Crippen molar-refractivity contribution in [3.8, 4) is 0 Å². The van der Waals surface area contributed by atoms with Crippen LogP contribution in [-0.4, -0.2) is 19.9 Å². The molecule has 0 unspecified atom stereocenters. The second-order valence-corrected chi connectivity index (χ2v) is 5.91. The number of nitrogens with one attached hydrogen (secondary N) is 2. The predicted molar refractivity (Wildman–Crippen MR) is 98.9 cm³/mol. The van der Waals surface area contributed by atoms with E-state index >= 15 is 0 Å². The average molecular weight is 507 g/mol. The van der Waals surface area contributed by atoms with Gasteiger partial charge in [0.1, 0.15) is 0 Å². The summed E-state index contributed by atoms with van der Waals surface area (Å²) in [5, 5.41) is 0. The minimum atomic E-state index is 0. The molecule has 3 aromatic heterocycles. The average Bonchev–Trinajstić information content (AvgIpc) is 3.32. The molecule has 0 aromatic carbocycles. The number of hydrogen-bond acceptors (Lipinski definition) is 2. The summed E-state index contributed by atoms with van der Waals surface area (Å²) in [4.78, 5) is 16.0. The normalized spacial score (nSPS) is 12.2. The van der Waals surface area contributed by atoms with E-state index < -0.39 is 0 Å². The Labute approximate surface area is 159 Å². The number of fused-ring (bicyclic) bond motifs is 8. The third-order valence-corrected chi connectivity index (χ3v) is 4.04. The number of aromatic amines is 2. The number of H-pyrrole nitrogens is 2. The third kappa shape index (κ3) is 3.28. The Morgan fingerprint density at radius 3 is 1.04 bits per heavy atom. The standard InChI is InChI=1S/C20H14N4.Au/c1-2-14-10-16-5-6-18(23-16)12-20-8-7-19(24-20)11-17-4-3-15(22-17)9-13(1)21-14;/h1-12,21,24H;/q;+2. The SMILES string of the molecule is C1=Cc2cc3ccc(cc4nc(cc5ccc(cc1n2)[nH]5)C=C4)[nH]3.[Au+2]. The second-order valence-electron chi connectivity index (χ2n) is 5.91. The molecule has 25 heavy (non-hydrogen) atoms. The fourth-order valence-corrected chi connectivity index (χ4v) is 2.94. The summed E-state index contributed by atoms with van der Waals surface area (Å²) in [7, 11) is 0. The van der Waals surface area contributed by atoms with Crippen molar-refractivity contribution in [3.63, 3.8) is 0 Å². The van der Waals surface area contributed by atoms with E-state index in [9.17, 15) is 0 Å². The van der Waals surface area contributed by atoms with E-state index in [0.29, 0.717) is 0 Å². The van der Waals surface area contributed by atoms with E-state index in [1.807, 2.05) is 48.6 Å². The molecule has 0 fully saturated rings. The largest absolute Gasteiger partial charge is 2.00 e. The minimum Gasteiger partial charge on any atom is -0.355 e. The zero-order valence-corrected chi connectivity index (χ0v) is 15.3. The van der Waals surface area contributed by atoms with Crippen LogP contribution in [-0.2, 0) is 22.4 Å². The van der Waals surface area contributed by atoms with Gasteiger partial charge in [-0.05, 0) is 72.8 Å². The fraction of sp³-hybridized carbons (Fsp3) is 0. The van der Waals surface area contributed by atoms with Crippen LogP contribution in [0.25, 0.3) is 46.4 Å². The Morgan fingerprint density at radius 2 is 0.760 bits per heavy atom. The van der Waals surface area contributed by atoms with Crippen LogP contribution in [0.3, 0.4) is 0 Å². The van der Waals surface area contributed by atoms with Crippen LogP contribution < -0.4 is 0 Å². The van der Waals surface area contributed by atoms with Crippen LogP contribution >= 0.6 is 0 Å². The van der Waals surface area contributed by atoms with Gasteiger partial charge in [0.25, 0.3) is 0 Å². The number of aromatic nitrogens is 4. The summed E-state index contributed by atoms with van der Waals surface area (Å²) in [6.07, 6.45) is 8.09. The van der Waals surface area contributed by atoms with Crippen molar-refractivity contribution in [2.24, 2.45) is 0 Å². The van der Waals surface area contributed by atoms with Crippen LogP contribution in [0.2, 0.25) is 0 Å². The molecule has 2 aliphatic heterocycles. The Bertz CT molecular complexity index is 990.